The average Bonchev–Trinajstić information content (AvgIpc) is 2.38. The maximum absolute atomic E-state index is 12.0. The molecule has 1 aromatic rings. The number of esters is 1. The molecule has 4 nitrogen and oxygen atoms in total. The highest BCUT2D eigenvalue weighted by Crippen LogP contribution is 2.16. The van der Waals surface area contributed by atoms with Gasteiger partial charge in [-0.2, -0.15) is 0 Å². The second-order valence-electron chi connectivity index (χ2n) is 4.85. The van der Waals surface area contributed by atoms with Crippen molar-refractivity contribution in [2.24, 2.45) is 0 Å². The van der Waals surface area contributed by atoms with Crippen LogP contribution in [0.3, 0.4) is 0 Å². The quantitative estimate of drug-likeness (QED) is 0.743. The number of rotatable bonds is 8. The Labute approximate surface area is 120 Å². The van der Waals surface area contributed by atoms with Crippen LogP contribution in [0.25, 0.3) is 0 Å². The molecule has 2 unspecified atom stereocenters. The summed E-state index contributed by atoms with van der Waals surface area (Å²) in [5.41, 5.74) is 0.853. The molecule has 0 amide bonds. The molecule has 0 aliphatic rings. The maximum atomic E-state index is 12.0. The van der Waals surface area contributed by atoms with Crippen molar-refractivity contribution in [2.75, 3.05) is 6.61 Å². The molecular formula is C16H24O4. The molecule has 0 saturated heterocycles. The van der Waals surface area contributed by atoms with Crippen LogP contribution in [-0.2, 0) is 20.7 Å². The Morgan fingerprint density at radius 2 is 2.10 bits per heavy atom. The van der Waals surface area contributed by atoms with Gasteiger partial charge in [-0.3, -0.25) is 0 Å². The minimum Gasteiger partial charge on any atom is -0.508 e. The van der Waals surface area contributed by atoms with Gasteiger partial charge in [-0.25, -0.2) is 4.79 Å². The van der Waals surface area contributed by atoms with Gasteiger partial charge in [-0.15, -0.1) is 0 Å². The van der Waals surface area contributed by atoms with Crippen molar-refractivity contribution in [3.63, 3.8) is 0 Å². The van der Waals surface area contributed by atoms with Gasteiger partial charge >= 0.3 is 5.97 Å². The SMILES string of the molecule is CCCC(C)OC(Cc1cccc(O)c1)C(=O)OCC. The highest BCUT2D eigenvalue weighted by Gasteiger charge is 2.23. The van der Waals surface area contributed by atoms with Crippen LogP contribution >= 0.6 is 0 Å². The highest BCUT2D eigenvalue weighted by atomic mass is 16.6. The first kappa shape index (κ1) is 16.5. The van der Waals surface area contributed by atoms with Crippen LogP contribution in [0.5, 0.6) is 5.75 Å². The first-order valence-corrected chi connectivity index (χ1v) is 7.16. The van der Waals surface area contributed by atoms with Crippen LogP contribution in [-0.4, -0.2) is 29.9 Å². The fourth-order valence-electron chi connectivity index (χ4n) is 2.07. The van der Waals surface area contributed by atoms with Gasteiger partial charge < -0.3 is 14.6 Å². The number of ether oxygens (including phenoxy) is 2. The topological polar surface area (TPSA) is 55.8 Å². The van der Waals surface area contributed by atoms with Crippen LogP contribution in [0.1, 0.15) is 39.2 Å². The minimum absolute atomic E-state index is 0.00622. The number of hydrogen-bond acceptors (Lipinski definition) is 4. The molecule has 0 radical (unpaired) electrons. The van der Waals surface area contributed by atoms with E-state index in [0.717, 1.165) is 18.4 Å². The summed E-state index contributed by atoms with van der Waals surface area (Å²) in [4.78, 5) is 12.0. The van der Waals surface area contributed by atoms with Gasteiger partial charge in [-0.05, 0) is 38.0 Å². The summed E-state index contributed by atoms with van der Waals surface area (Å²) < 4.78 is 10.9. The number of phenolic OH excluding ortho intramolecular Hbond substituents is 1. The largest absolute Gasteiger partial charge is 0.508 e. The summed E-state index contributed by atoms with van der Waals surface area (Å²) in [5, 5.41) is 9.48. The Bertz CT molecular complexity index is 417. The normalized spacial score (nSPS) is 13.8. The van der Waals surface area contributed by atoms with Crippen LogP contribution in [0, 0.1) is 0 Å². The number of carbonyl (C=O) groups excluding carboxylic acids is 1. The Kier molecular flexibility index (Phi) is 7.09. The second-order valence-corrected chi connectivity index (χ2v) is 4.85. The zero-order valence-corrected chi connectivity index (χ0v) is 12.5. The Hall–Kier alpha value is -1.55. The molecule has 1 rings (SSSR count). The number of phenols is 1. The molecule has 0 aliphatic heterocycles. The minimum atomic E-state index is -0.627. The third kappa shape index (κ3) is 5.61. The molecule has 0 spiro atoms. The first-order chi connectivity index (χ1) is 9.56. The maximum Gasteiger partial charge on any atom is 0.335 e. The lowest BCUT2D eigenvalue weighted by Gasteiger charge is -2.21. The lowest BCUT2D eigenvalue weighted by atomic mass is 10.1. The third-order valence-corrected chi connectivity index (χ3v) is 2.97. The van der Waals surface area contributed by atoms with E-state index in [-0.39, 0.29) is 17.8 Å². The van der Waals surface area contributed by atoms with E-state index in [0.29, 0.717) is 13.0 Å². The summed E-state index contributed by atoms with van der Waals surface area (Å²) in [5.74, 6) is -0.162. The molecule has 0 bridgehead atoms. The van der Waals surface area contributed by atoms with E-state index in [1.807, 2.05) is 13.0 Å². The van der Waals surface area contributed by atoms with Gasteiger partial charge in [0.2, 0.25) is 0 Å². The molecule has 0 aliphatic carbocycles. The Morgan fingerprint density at radius 1 is 1.35 bits per heavy atom. The van der Waals surface area contributed by atoms with Crippen molar-refractivity contribution in [3.8, 4) is 5.75 Å². The van der Waals surface area contributed by atoms with Gasteiger partial charge in [0, 0.05) is 6.42 Å². The summed E-state index contributed by atoms with van der Waals surface area (Å²) in [7, 11) is 0. The zero-order valence-electron chi connectivity index (χ0n) is 12.5. The zero-order chi connectivity index (χ0) is 15.0. The number of hydrogen-bond donors (Lipinski definition) is 1. The van der Waals surface area contributed by atoms with E-state index in [1.165, 1.54) is 0 Å². The van der Waals surface area contributed by atoms with Gasteiger partial charge in [0.25, 0.3) is 0 Å². The van der Waals surface area contributed by atoms with Crippen LogP contribution in [0.2, 0.25) is 0 Å². The standard InChI is InChI=1S/C16H24O4/c1-4-7-12(3)20-15(16(18)19-5-2)11-13-8-6-9-14(17)10-13/h6,8-10,12,15,17H,4-5,7,11H2,1-3H3. The predicted molar refractivity (Wildman–Crippen MR) is 77.7 cm³/mol. The van der Waals surface area contributed by atoms with Gasteiger partial charge in [0.05, 0.1) is 12.7 Å². The molecular weight excluding hydrogens is 256 g/mol. The van der Waals surface area contributed by atoms with Crippen molar-refractivity contribution < 1.29 is 19.4 Å². The number of aromatic hydroxyl groups is 1. The molecule has 2 atom stereocenters. The van der Waals surface area contributed by atoms with Gasteiger partial charge in [0.1, 0.15) is 5.75 Å². The number of benzene rings is 1. The van der Waals surface area contributed by atoms with Gasteiger partial charge in [0.15, 0.2) is 6.10 Å². The molecule has 112 valence electrons. The predicted octanol–water partition coefficient (Wildman–Crippen LogP) is 3.07. The number of carbonyl (C=O) groups is 1. The molecule has 0 heterocycles. The van der Waals surface area contributed by atoms with Crippen molar-refractivity contribution in [2.45, 2.75) is 52.2 Å². The molecule has 1 aromatic carbocycles. The lowest BCUT2D eigenvalue weighted by Crippen LogP contribution is -2.32. The molecule has 4 heteroatoms. The van der Waals surface area contributed by atoms with Crippen LogP contribution in [0.15, 0.2) is 24.3 Å². The average molecular weight is 280 g/mol. The molecule has 1 N–H and O–H groups in total. The molecule has 0 aromatic heterocycles. The van der Waals surface area contributed by atoms with Crippen molar-refractivity contribution in [3.05, 3.63) is 29.8 Å². The first-order valence-electron chi connectivity index (χ1n) is 7.16. The molecule has 0 fully saturated rings. The van der Waals surface area contributed by atoms with Crippen LogP contribution in [0.4, 0.5) is 0 Å². The van der Waals surface area contributed by atoms with E-state index < -0.39 is 6.10 Å². The summed E-state index contributed by atoms with van der Waals surface area (Å²) >= 11 is 0. The molecule has 0 saturated carbocycles. The lowest BCUT2D eigenvalue weighted by molar-refractivity contribution is -0.160. The van der Waals surface area contributed by atoms with E-state index in [2.05, 4.69) is 6.92 Å². The van der Waals surface area contributed by atoms with Crippen molar-refractivity contribution >= 4 is 5.97 Å². The van der Waals surface area contributed by atoms with Crippen LogP contribution < -0.4 is 0 Å². The second kappa shape index (κ2) is 8.59. The summed E-state index contributed by atoms with van der Waals surface area (Å²) in [6.07, 6.45) is 1.69. The third-order valence-electron chi connectivity index (χ3n) is 2.97. The Morgan fingerprint density at radius 3 is 2.70 bits per heavy atom. The van der Waals surface area contributed by atoms with E-state index in [4.69, 9.17) is 9.47 Å². The van der Waals surface area contributed by atoms with E-state index >= 15 is 0 Å². The summed E-state index contributed by atoms with van der Waals surface area (Å²) in [6.45, 7) is 6.15. The van der Waals surface area contributed by atoms with E-state index in [9.17, 15) is 9.90 Å². The van der Waals surface area contributed by atoms with Gasteiger partial charge in [-0.1, -0.05) is 25.5 Å². The molecule has 20 heavy (non-hydrogen) atoms. The summed E-state index contributed by atoms with van der Waals surface area (Å²) in [6, 6.07) is 6.85. The van der Waals surface area contributed by atoms with Crippen molar-refractivity contribution in [1.29, 1.82) is 0 Å². The highest BCUT2D eigenvalue weighted by molar-refractivity contribution is 5.75. The fraction of sp³-hybridized carbons (Fsp3) is 0.562. The fourth-order valence-corrected chi connectivity index (χ4v) is 2.07. The Balaban J connectivity index is 2.73. The smallest absolute Gasteiger partial charge is 0.335 e. The van der Waals surface area contributed by atoms with E-state index in [1.54, 1.807) is 25.1 Å². The van der Waals surface area contributed by atoms with Crippen molar-refractivity contribution in [1.82, 2.24) is 0 Å². The monoisotopic (exact) mass is 280 g/mol.